The highest BCUT2D eigenvalue weighted by atomic mass is 16.2. The average molecular weight is 322 g/mol. The Kier molecular flexibility index (Phi) is 4.65. The first kappa shape index (κ1) is 16.2. The van der Waals surface area contributed by atoms with Gasteiger partial charge in [0.05, 0.1) is 0 Å². The third kappa shape index (κ3) is 3.65. The second-order valence-electron chi connectivity index (χ2n) is 6.46. The normalized spacial score (nSPS) is 20.2. The quantitative estimate of drug-likeness (QED) is 0.856. The Labute approximate surface area is 142 Å². The van der Waals surface area contributed by atoms with Gasteiger partial charge in [0.15, 0.2) is 0 Å². The van der Waals surface area contributed by atoms with Gasteiger partial charge >= 0.3 is 0 Å². The van der Waals surface area contributed by atoms with Crippen molar-refractivity contribution < 1.29 is 9.59 Å². The molecule has 0 heterocycles. The molecule has 0 aromatic heterocycles. The van der Waals surface area contributed by atoms with E-state index in [1.807, 2.05) is 42.5 Å². The Bertz CT molecular complexity index is 742. The number of amides is 2. The minimum Gasteiger partial charge on any atom is -0.368 e. The second kappa shape index (κ2) is 6.87. The van der Waals surface area contributed by atoms with Crippen LogP contribution in [0.1, 0.15) is 29.0 Å². The van der Waals surface area contributed by atoms with Crippen LogP contribution in [0.25, 0.3) is 0 Å². The Hall–Kier alpha value is -2.62. The minimum atomic E-state index is -0.668. The molecule has 0 spiro atoms. The molecule has 0 saturated heterocycles. The van der Waals surface area contributed by atoms with Gasteiger partial charge in [-0.05, 0) is 36.0 Å². The molecule has 1 aliphatic rings. The monoisotopic (exact) mass is 322 g/mol. The Balaban J connectivity index is 1.63. The maximum atomic E-state index is 12.5. The lowest BCUT2D eigenvalue weighted by Crippen LogP contribution is -2.46. The molecule has 3 rings (SSSR count). The predicted molar refractivity (Wildman–Crippen MR) is 93.3 cm³/mol. The number of carbonyl (C=O) groups excluding carboxylic acids is 2. The van der Waals surface area contributed by atoms with E-state index in [0.29, 0.717) is 6.42 Å². The maximum absolute atomic E-state index is 12.5. The zero-order chi connectivity index (χ0) is 17.1. The summed E-state index contributed by atoms with van der Waals surface area (Å²) in [6, 6.07) is 17.0. The number of carbonyl (C=O) groups is 2. The van der Waals surface area contributed by atoms with E-state index in [1.165, 1.54) is 11.1 Å². The fourth-order valence-electron chi connectivity index (χ4n) is 3.18. The standard InChI is InChI=1S/C20H22N2O2/c1-13-7-5-6-10-15(13)16-12-17(16)20(24)22-18(19(21)23)11-14-8-3-2-4-9-14/h2-10,16-18H,11-12H2,1H3,(H2,21,23)(H,22,24)/t16-,17-,18+/m0/s1. The van der Waals surface area contributed by atoms with E-state index >= 15 is 0 Å². The van der Waals surface area contributed by atoms with Gasteiger partial charge in [-0.3, -0.25) is 9.59 Å². The summed E-state index contributed by atoms with van der Waals surface area (Å²) in [6.07, 6.45) is 1.25. The summed E-state index contributed by atoms with van der Waals surface area (Å²) >= 11 is 0. The van der Waals surface area contributed by atoms with Crippen molar-refractivity contribution in [1.29, 1.82) is 0 Å². The van der Waals surface area contributed by atoms with Crippen molar-refractivity contribution in [2.24, 2.45) is 11.7 Å². The van der Waals surface area contributed by atoms with E-state index in [4.69, 9.17) is 5.73 Å². The number of aryl methyl sites for hydroxylation is 1. The highest BCUT2D eigenvalue weighted by Crippen LogP contribution is 2.48. The van der Waals surface area contributed by atoms with Gasteiger partial charge in [-0.2, -0.15) is 0 Å². The van der Waals surface area contributed by atoms with E-state index in [9.17, 15) is 9.59 Å². The molecule has 4 nitrogen and oxygen atoms in total. The summed E-state index contributed by atoms with van der Waals surface area (Å²) in [5.41, 5.74) is 8.87. The molecule has 1 saturated carbocycles. The molecule has 2 amide bonds. The zero-order valence-corrected chi connectivity index (χ0v) is 13.7. The number of hydrogen-bond acceptors (Lipinski definition) is 2. The van der Waals surface area contributed by atoms with Crippen LogP contribution in [0.2, 0.25) is 0 Å². The summed E-state index contributed by atoms with van der Waals surface area (Å²) in [4.78, 5) is 24.2. The molecule has 24 heavy (non-hydrogen) atoms. The van der Waals surface area contributed by atoms with Crippen LogP contribution in [-0.2, 0) is 16.0 Å². The molecule has 4 heteroatoms. The second-order valence-corrected chi connectivity index (χ2v) is 6.46. The summed E-state index contributed by atoms with van der Waals surface area (Å²) in [7, 11) is 0. The molecule has 0 aliphatic heterocycles. The summed E-state index contributed by atoms with van der Waals surface area (Å²) in [5, 5.41) is 2.83. The van der Waals surface area contributed by atoms with Gasteiger partial charge < -0.3 is 11.1 Å². The highest BCUT2D eigenvalue weighted by Gasteiger charge is 2.45. The maximum Gasteiger partial charge on any atom is 0.240 e. The molecule has 124 valence electrons. The predicted octanol–water partition coefficient (Wildman–Crippen LogP) is 2.31. The largest absolute Gasteiger partial charge is 0.368 e. The van der Waals surface area contributed by atoms with Crippen LogP contribution in [0.4, 0.5) is 0 Å². The molecule has 3 atom stereocenters. The number of hydrogen-bond donors (Lipinski definition) is 2. The van der Waals surface area contributed by atoms with Gasteiger partial charge in [0.25, 0.3) is 0 Å². The lowest BCUT2D eigenvalue weighted by Gasteiger charge is -2.16. The summed E-state index contributed by atoms with van der Waals surface area (Å²) in [5.74, 6) is -0.400. The lowest BCUT2D eigenvalue weighted by molar-refractivity contribution is -0.128. The summed E-state index contributed by atoms with van der Waals surface area (Å²) < 4.78 is 0. The van der Waals surface area contributed by atoms with Gasteiger partial charge in [-0.15, -0.1) is 0 Å². The van der Waals surface area contributed by atoms with Crippen molar-refractivity contribution in [1.82, 2.24) is 5.32 Å². The number of nitrogens with one attached hydrogen (secondary N) is 1. The molecule has 2 aromatic rings. The third-order valence-corrected chi connectivity index (χ3v) is 4.66. The first-order chi connectivity index (χ1) is 11.6. The number of benzene rings is 2. The molecule has 1 aliphatic carbocycles. The topological polar surface area (TPSA) is 72.2 Å². The Morgan fingerprint density at radius 3 is 2.46 bits per heavy atom. The van der Waals surface area contributed by atoms with Crippen molar-refractivity contribution in [2.45, 2.75) is 31.7 Å². The van der Waals surface area contributed by atoms with Gasteiger partial charge in [0.1, 0.15) is 6.04 Å². The van der Waals surface area contributed by atoms with Crippen LogP contribution in [0.15, 0.2) is 54.6 Å². The smallest absolute Gasteiger partial charge is 0.240 e. The van der Waals surface area contributed by atoms with Crippen molar-refractivity contribution in [3.63, 3.8) is 0 Å². The molecule has 2 aromatic carbocycles. The molecule has 3 N–H and O–H groups in total. The highest BCUT2D eigenvalue weighted by molar-refractivity contribution is 5.89. The van der Waals surface area contributed by atoms with Crippen LogP contribution in [0.3, 0.4) is 0 Å². The lowest BCUT2D eigenvalue weighted by atomic mass is 10.0. The molecule has 0 radical (unpaired) electrons. The third-order valence-electron chi connectivity index (χ3n) is 4.66. The molecule has 0 unspecified atom stereocenters. The van der Waals surface area contributed by atoms with E-state index in [0.717, 1.165) is 12.0 Å². The van der Waals surface area contributed by atoms with E-state index in [1.54, 1.807) is 0 Å². The van der Waals surface area contributed by atoms with E-state index in [-0.39, 0.29) is 17.7 Å². The van der Waals surface area contributed by atoms with Crippen molar-refractivity contribution in [3.8, 4) is 0 Å². The van der Waals surface area contributed by atoms with Crippen LogP contribution < -0.4 is 11.1 Å². The van der Waals surface area contributed by atoms with Gasteiger partial charge in [0.2, 0.25) is 11.8 Å². The molecular formula is C20H22N2O2. The molecular weight excluding hydrogens is 300 g/mol. The van der Waals surface area contributed by atoms with Crippen LogP contribution >= 0.6 is 0 Å². The summed E-state index contributed by atoms with van der Waals surface area (Å²) in [6.45, 7) is 2.06. The average Bonchev–Trinajstić information content (AvgIpc) is 3.36. The first-order valence-corrected chi connectivity index (χ1v) is 8.25. The Morgan fingerprint density at radius 1 is 1.12 bits per heavy atom. The SMILES string of the molecule is Cc1ccccc1[C@@H]1C[C@@H]1C(=O)N[C@H](Cc1ccccc1)C(N)=O. The number of primary amides is 1. The fourth-order valence-corrected chi connectivity index (χ4v) is 3.18. The molecule has 1 fully saturated rings. The van der Waals surface area contributed by atoms with Crippen molar-refractivity contribution >= 4 is 11.8 Å². The van der Waals surface area contributed by atoms with E-state index < -0.39 is 11.9 Å². The minimum absolute atomic E-state index is 0.0660. The fraction of sp³-hybridized carbons (Fsp3) is 0.300. The van der Waals surface area contributed by atoms with Gasteiger partial charge in [0, 0.05) is 12.3 Å². The van der Waals surface area contributed by atoms with E-state index in [2.05, 4.69) is 24.4 Å². The van der Waals surface area contributed by atoms with Crippen molar-refractivity contribution in [2.75, 3.05) is 0 Å². The van der Waals surface area contributed by atoms with Crippen LogP contribution in [-0.4, -0.2) is 17.9 Å². The number of nitrogens with two attached hydrogens (primary N) is 1. The Morgan fingerprint density at radius 2 is 1.79 bits per heavy atom. The van der Waals surface area contributed by atoms with Crippen LogP contribution in [0.5, 0.6) is 0 Å². The van der Waals surface area contributed by atoms with Crippen molar-refractivity contribution in [3.05, 3.63) is 71.3 Å². The van der Waals surface area contributed by atoms with Gasteiger partial charge in [-0.1, -0.05) is 54.6 Å². The van der Waals surface area contributed by atoms with Crippen LogP contribution in [0, 0.1) is 12.8 Å². The molecule has 0 bridgehead atoms. The number of rotatable bonds is 6. The van der Waals surface area contributed by atoms with Gasteiger partial charge in [-0.25, -0.2) is 0 Å². The first-order valence-electron chi connectivity index (χ1n) is 8.25. The zero-order valence-electron chi connectivity index (χ0n) is 13.7.